The van der Waals surface area contributed by atoms with E-state index in [1.165, 1.54) is 35.1 Å². The van der Waals surface area contributed by atoms with Crippen molar-refractivity contribution in [2.75, 3.05) is 11.9 Å². The number of carbonyl (C=O) groups excluding carboxylic acids is 2. The summed E-state index contributed by atoms with van der Waals surface area (Å²) in [5, 5.41) is 9.44. The molecule has 0 bridgehead atoms. The first kappa shape index (κ1) is 21.5. The first-order valence-electron chi connectivity index (χ1n) is 9.34. The molecule has 32 heavy (non-hydrogen) atoms. The molecule has 7 nitrogen and oxygen atoms in total. The molecule has 0 aliphatic carbocycles. The molecule has 1 saturated heterocycles. The number of furan rings is 1. The van der Waals surface area contributed by atoms with Crippen LogP contribution in [0.1, 0.15) is 16.1 Å². The third-order valence-corrected chi connectivity index (χ3v) is 5.64. The Balaban J connectivity index is 1.71. The summed E-state index contributed by atoms with van der Waals surface area (Å²) in [5.74, 6) is -1.68. The number of halogens is 1. The van der Waals surface area contributed by atoms with Gasteiger partial charge in [-0.15, -0.1) is 0 Å². The highest BCUT2D eigenvalue weighted by molar-refractivity contribution is 7.80. The number of rotatable bonds is 4. The Morgan fingerprint density at radius 1 is 1.06 bits per heavy atom. The second kappa shape index (κ2) is 8.41. The van der Waals surface area contributed by atoms with Crippen molar-refractivity contribution in [2.24, 2.45) is 0 Å². The van der Waals surface area contributed by atoms with Crippen LogP contribution in [0.3, 0.4) is 0 Å². The van der Waals surface area contributed by atoms with Crippen molar-refractivity contribution in [1.82, 2.24) is 4.90 Å². The number of aromatic carboxylic acids is 1. The second-order valence-electron chi connectivity index (χ2n) is 6.88. The van der Waals surface area contributed by atoms with Gasteiger partial charge in [-0.3, -0.25) is 19.4 Å². The number of thiocarbonyl (C=S) groups is 1. The van der Waals surface area contributed by atoms with Crippen LogP contribution in [0.2, 0.25) is 5.02 Å². The second-order valence-corrected chi connectivity index (χ2v) is 7.66. The van der Waals surface area contributed by atoms with Crippen molar-refractivity contribution in [2.45, 2.75) is 0 Å². The highest BCUT2D eigenvalue weighted by atomic mass is 35.5. The fourth-order valence-corrected chi connectivity index (χ4v) is 3.68. The number of likely N-dealkylation sites (N-methyl/N-ethyl adjacent to an activating group) is 1. The zero-order valence-corrected chi connectivity index (χ0v) is 18.2. The predicted octanol–water partition coefficient (Wildman–Crippen LogP) is 4.47. The van der Waals surface area contributed by atoms with E-state index in [1.807, 2.05) is 6.07 Å². The summed E-state index contributed by atoms with van der Waals surface area (Å²) in [6.45, 7) is 0. The SMILES string of the molecule is CN1C(=O)/C(=C\c2ccc(-c3ccc(Cl)c(C(=O)O)c3)o2)C(=O)N(c2ccccc2)C1=S. The first-order valence-corrected chi connectivity index (χ1v) is 10.1. The Hall–Kier alpha value is -3.75. The summed E-state index contributed by atoms with van der Waals surface area (Å²) < 4.78 is 5.76. The van der Waals surface area contributed by atoms with Crippen LogP contribution in [0.25, 0.3) is 17.4 Å². The van der Waals surface area contributed by atoms with Gasteiger partial charge in [-0.2, -0.15) is 0 Å². The van der Waals surface area contributed by atoms with Gasteiger partial charge in [0.1, 0.15) is 17.1 Å². The molecule has 1 fully saturated rings. The van der Waals surface area contributed by atoms with Crippen LogP contribution in [0.5, 0.6) is 0 Å². The normalized spacial score (nSPS) is 15.6. The van der Waals surface area contributed by atoms with Gasteiger partial charge in [-0.05, 0) is 60.8 Å². The molecular weight excluding hydrogens is 452 g/mol. The van der Waals surface area contributed by atoms with Crippen LogP contribution in [0, 0.1) is 0 Å². The Bertz CT molecular complexity index is 1300. The zero-order valence-electron chi connectivity index (χ0n) is 16.6. The van der Waals surface area contributed by atoms with E-state index in [4.69, 9.17) is 28.2 Å². The summed E-state index contributed by atoms with van der Waals surface area (Å²) in [7, 11) is 1.50. The minimum atomic E-state index is -1.16. The highest BCUT2D eigenvalue weighted by Crippen LogP contribution is 2.29. The quantitative estimate of drug-likeness (QED) is 0.346. The summed E-state index contributed by atoms with van der Waals surface area (Å²) in [6, 6.07) is 16.4. The third kappa shape index (κ3) is 3.81. The summed E-state index contributed by atoms with van der Waals surface area (Å²) in [4.78, 5) is 39.7. The van der Waals surface area contributed by atoms with Gasteiger partial charge in [0.25, 0.3) is 11.8 Å². The van der Waals surface area contributed by atoms with Crippen LogP contribution >= 0.6 is 23.8 Å². The predicted molar refractivity (Wildman–Crippen MR) is 123 cm³/mol. The molecule has 0 unspecified atom stereocenters. The van der Waals surface area contributed by atoms with E-state index in [1.54, 1.807) is 42.5 Å². The average molecular weight is 467 g/mol. The molecular formula is C23H15ClN2O5S. The van der Waals surface area contributed by atoms with E-state index in [0.717, 1.165) is 0 Å². The fraction of sp³-hybridized carbons (Fsp3) is 0.0435. The molecule has 1 aliphatic rings. The van der Waals surface area contributed by atoms with Crippen LogP contribution < -0.4 is 4.90 Å². The minimum absolute atomic E-state index is 0.0632. The maximum atomic E-state index is 13.1. The Morgan fingerprint density at radius 2 is 1.78 bits per heavy atom. The molecule has 2 heterocycles. The van der Waals surface area contributed by atoms with Gasteiger partial charge in [-0.25, -0.2) is 4.79 Å². The Labute approximate surface area is 193 Å². The molecule has 0 atom stereocenters. The third-order valence-electron chi connectivity index (χ3n) is 4.86. The molecule has 1 aromatic heterocycles. The van der Waals surface area contributed by atoms with Crippen LogP contribution in [-0.4, -0.2) is 40.0 Å². The number of amides is 2. The van der Waals surface area contributed by atoms with E-state index in [0.29, 0.717) is 17.0 Å². The maximum absolute atomic E-state index is 13.1. The Kier molecular flexibility index (Phi) is 5.65. The molecule has 0 saturated carbocycles. The van der Waals surface area contributed by atoms with Crippen molar-refractivity contribution < 1.29 is 23.9 Å². The van der Waals surface area contributed by atoms with Crippen molar-refractivity contribution in [3.63, 3.8) is 0 Å². The largest absolute Gasteiger partial charge is 0.478 e. The van der Waals surface area contributed by atoms with Gasteiger partial charge < -0.3 is 9.52 Å². The van der Waals surface area contributed by atoms with Crippen LogP contribution in [-0.2, 0) is 9.59 Å². The van der Waals surface area contributed by atoms with E-state index in [9.17, 15) is 19.5 Å². The van der Waals surface area contributed by atoms with Gasteiger partial charge in [0.05, 0.1) is 16.3 Å². The monoisotopic (exact) mass is 466 g/mol. The lowest BCUT2D eigenvalue weighted by Crippen LogP contribution is -2.54. The number of carbonyl (C=O) groups is 3. The average Bonchev–Trinajstić information content (AvgIpc) is 3.25. The van der Waals surface area contributed by atoms with Crippen LogP contribution in [0.4, 0.5) is 5.69 Å². The smallest absolute Gasteiger partial charge is 0.337 e. The molecule has 3 aromatic rings. The van der Waals surface area contributed by atoms with E-state index in [-0.39, 0.29) is 27.0 Å². The van der Waals surface area contributed by atoms with Gasteiger partial charge in [-0.1, -0.05) is 29.8 Å². The number of para-hydroxylation sites is 1. The number of benzene rings is 2. The van der Waals surface area contributed by atoms with Crippen LogP contribution in [0.15, 0.2) is 70.7 Å². The molecule has 4 rings (SSSR count). The van der Waals surface area contributed by atoms with Crippen molar-refractivity contribution >= 4 is 58.5 Å². The molecule has 1 aliphatic heterocycles. The Morgan fingerprint density at radius 3 is 2.47 bits per heavy atom. The molecule has 1 N–H and O–H groups in total. The lowest BCUT2D eigenvalue weighted by atomic mass is 10.1. The molecule has 2 aromatic carbocycles. The van der Waals surface area contributed by atoms with Gasteiger partial charge in [0.2, 0.25) is 0 Å². The topological polar surface area (TPSA) is 91.1 Å². The van der Waals surface area contributed by atoms with Crippen molar-refractivity contribution in [3.8, 4) is 11.3 Å². The van der Waals surface area contributed by atoms with Crippen molar-refractivity contribution in [3.05, 3.63) is 82.6 Å². The number of carboxylic acids is 1. The molecule has 0 spiro atoms. The summed E-state index contributed by atoms with van der Waals surface area (Å²) in [6.07, 6.45) is 1.34. The standard InChI is InChI=1S/C23H15ClN2O5S/c1-25-20(27)17(21(28)26(23(25)32)14-5-3-2-4-6-14)12-15-8-10-19(31-15)13-7-9-18(24)16(11-13)22(29)30/h2-12H,1H3,(H,29,30)/b17-12+. The summed E-state index contributed by atoms with van der Waals surface area (Å²) >= 11 is 11.2. The number of hydrogen-bond donors (Lipinski definition) is 1. The first-order chi connectivity index (χ1) is 15.3. The molecule has 160 valence electrons. The number of carboxylic acid groups (broad SMARTS) is 1. The molecule has 2 amide bonds. The lowest BCUT2D eigenvalue weighted by Gasteiger charge is -2.34. The van der Waals surface area contributed by atoms with Crippen molar-refractivity contribution in [1.29, 1.82) is 0 Å². The summed E-state index contributed by atoms with van der Waals surface area (Å²) in [5.41, 5.74) is 0.845. The maximum Gasteiger partial charge on any atom is 0.337 e. The van der Waals surface area contributed by atoms with E-state index >= 15 is 0 Å². The lowest BCUT2D eigenvalue weighted by molar-refractivity contribution is -0.127. The van der Waals surface area contributed by atoms with E-state index in [2.05, 4.69) is 0 Å². The van der Waals surface area contributed by atoms with E-state index < -0.39 is 17.8 Å². The number of anilines is 1. The zero-order chi connectivity index (χ0) is 23.0. The van der Waals surface area contributed by atoms with Gasteiger partial charge >= 0.3 is 5.97 Å². The minimum Gasteiger partial charge on any atom is -0.478 e. The highest BCUT2D eigenvalue weighted by Gasteiger charge is 2.38. The molecule has 9 heteroatoms. The van der Waals surface area contributed by atoms with Gasteiger partial charge in [0.15, 0.2) is 5.11 Å². The number of nitrogens with zero attached hydrogens (tertiary/aromatic N) is 2. The van der Waals surface area contributed by atoms with Gasteiger partial charge in [0, 0.05) is 12.6 Å². The number of hydrogen-bond acceptors (Lipinski definition) is 5. The molecule has 0 radical (unpaired) electrons. The fourth-order valence-electron chi connectivity index (χ4n) is 3.21.